The van der Waals surface area contributed by atoms with E-state index in [1.807, 2.05) is 0 Å². The van der Waals surface area contributed by atoms with Crippen molar-refractivity contribution in [1.82, 2.24) is 0 Å². The van der Waals surface area contributed by atoms with Crippen molar-refractivity contribution in [3.05, 3.63) is 12.2 Å². The zero-order chi connectivity index (χ0) is 23.4. The topological polar surface area (TPSA) is 0 Å². The fraction of sp³-hybridized carbons (Fsp3) is 0.800. The van der Waals surface area contributed by atoms with E-state index in [2.05, 4.69) is 0 Å². The molecule has 0 N–H and O–H groups in total. The largest absolute Gasteiger partial charge is 0.454 e. The van der Waals surface area contributed by atoms with Gasteiger partial charge in [-0.1, -0.05) is 6.08 Å². The molecule has 0 aromatic rings. The first-order chi connectivity index (χ1) is 11.7. The Hall–Kier alpha value is -1.52. The maximum absolute atomic E-state index is 13.2. The second kappa shape index (κ2) is 6.50. The first kappa shape index (κ1) is 26.5. The standard InChI is InChI=1S/C10H2F18/c11-4(8(20,21)22,9(23,24)25)2-1-3(6(14,15)16,7(17,18)19)5(12,13)10(26,27)28/h1-2H/b2-1+. The van der Waals surface area contributed by atoms with Crippen LogP contribution in [0.1, 0.15) is 0 Å². The SMILES string of the molecule is FC(F)(F)C(F)(F)C(/C=C/C(F)(C(F)(F)F)C(F)(F)F)(C(F)(F)F)C(F)(F)F. The van der Waals surface area contributed by atoms with E-state index in [1.165, 1.54) is 0 Å². The molecule has 0 nitrogen and oxygen atoms in total. The first-order valence-corrected chi connectivity index (χ1v) is 5.81. The molecule has 0 aliphatic heterocycles. The third-order valence-electron chi connectivity index (χ3n) is 3.13. The molecule has 0 spiro atoms. The Morgan fingerprint density at radius 1 is 0.321 bits per heavy atom. The molecule has 0 aliphatic carbocycles. The Labute approximate surface area is 140 Å². The van der Waals surface area contributed by atoms with Gasteiger partial charge in [0, 0.05) is 0 Å². The number of rotatable bonds is 3. The minimum Gasteiger partial charge on any atom is -0.219 e. The van der Waals surface area contributed by atoms with E-state index >= 15 is 0 Å². The summed E-state index contributed by atoms with van der Waals surface area (Å²) in [5.41, 5.74) is -14.8. The quantitative estimate of drug-likeness (QED) is 0.323. The van der Waals surface area contributed by atoms with Crippen LogP contribution in [0.25, 0.3) is 0 Å². The number of hydrogen-bond acceptors (Lipinski definition) is 0. The van der Waals surface area contributed by atoms with Crippen LogP contribution in [0.3, 0.4) is 0 Å². The molecular formula is C10H2F18. The van der Waals surface area contributed by atoms with Gasteiger partial charge in [0.05, 0.1) is 0 Å². The van der Waals surface area contributed by atoms with Gasteiger partial charge in [0.25, 0.3) is 5.41 Å². The molecule has 0 amide bonds. The summed E-state index contributed by atoms with van der Waals surface area (Å²) < 4.78 is 225. The molecular weight excluding hydrogens is 462 g/mol. The lowest BCUT2D eigenvalue weighted by atomic mass is 9.77. The summed E-state index contributed by atoms with van der Waals surface area (Å²) in [6, 6.07) is 0. The summed E-state index contributed by atoms with van der Waals surface area (Å²) in [5, 5.41) is 0. The van der Waals surface area contributed by atoms with E-state index in [-0.39, 0.29) is 0 Å². The Morgan fingerprint density at radius 2 is 0.607 bits per heavy atom. The molecule has 0 saturated carbocycles. The van der Waals surface area contributed by atoms with Gasteiger partial charge in [-0.2, -0.15) is 74.6 Å². The van der Waals surface area contributed by atoms with Gasteiger partial charge in [0.2, 0.25) is 0 Å². The van der Waals surface area contributed by atoms with Crippen molar-refractivity contribution in [2.45, 2.75) is 42.5 Å². The van der Waals surface area contributed by atoms with Crippen molar-refractivity contribution in [3.63, 3.8) is 0 Å². The Balaban J connectivity index is 7.27. The fourth-order valence-electron chi connectivity index (χ4n) is 1.62. The minimum atomic E-state index is -8.05. The second-order valence-electron chi connectivity index (χ2n) is 4.92. The predicted molar refractivity (Wildman–Crippen MR) is 50.6 cm³/mol. The summed E-state index contributed by atoms with van der Waals surface area (Å²) in [6.07, 6.45) is -43.9. The summed E-state index contributed by atoms with van der Waals surface area (Å²) in [6.45, 7) is 0. The number of allylic oxidation sites excluding steroid dienone is 2. The van der Waals surface area contributed by atoms with Crippen molar-refractivity contribution < 1.29 is 79.0 Å². The lowest BCUT2D eigenvalue weighted by molar-refractivity contribution is -0.431. The van der Waals surface area contributed by atoms with Crippen molar-refractivity contribution in [3.8, 4) is 0 Å². The highest BCUT2D eigenvalue weighted by atomic mass is 19.4. The Kier molecular flexibility index (Phi) is 6.14. The fourth-order valence-corrected chi connectivity index (χ4v) is 1.62. The molecule has 18 heteroatoms. The van der Waals surface area contributed by atoms with Crippen LogP contribution in [-0.2, 0) is 0 Å². The number of halogens is 18. The molecule has 168 valence electrons. The van der Waals surface area contributed by atoms with Crippen LogP contribution in [-0.4, -0.2) is 42.5 Å². The normalized spacial score (nSPS) is 16.8. The van der Waals surface area contributed by atoms with E-state index in [4.69, 9.17) is 0 Å². The van der Waals surface area contributed by atoms with Gasteiger partial charge in [0.1, 0.15) is 0 Å². The number of hydrogen-bond donors (Lipinski definition) is 0. The van der Waals surface area contributed by atoms with Crippen molar-refractivity contribution in [2.24, 2.45) is 5.41 Å². The van der Waals surface area contributed by atoms with E-state index in [1.54, 1.807) is 0 Å². The highest BCUT2D eigenvalue weighted by Gasteiger charge is 2.88. The molecule has 0 rings (SSSR count). The zero-order valence-electron chi connectivity index (χ0n) is 12.0. The predicted octanol–water partition coefficient (Wildman–Crippen LogP) is 6.68. The molecule has 0 unspecified atom stereocenters. The van der Waals surface area contributed by atoms with Gasteiger partial charge in [-0.3, -0.25) is 0 Å². The van der Waals surface area contributed by atoms with Crippen molar-refractivity contribution in [2.75, 3.05) is 0 Å². The average Bonchev–Trinajstić information content (AvgIpc) is 2.30. The summed E-state index contributed by atoms with van der Waals surface area (Å²) in [7, 11) is 0. The molecule has 0 heterocycles. The Morgan fingerprint density at radius 3 is 0.786 bits per heavy atom. The molecule has 0 saturated heterocycles. The van der Waals surface area contributed by atoms with Crippen LogP contribution < -0.4 is 0 Å². The lowest BCUT2D eigenvalue weighted by Gasteiger charge is -2.41. The van der Waals surface area contributed by atoms with Gasteiger partial charge in [-0.25, -0.2) is 4.39 Å². The second-order valence-corrected chi connectivity index (χ2v) is 4.92. The molecule has 0 bridgehead atoms. The highest BCUT2D eigenvalue weighted by Crippen LogP contribution is 2.64. The minimum absolute atomic E-state index is 2.73. The Bertz CT molecular complexity index is 546. The van der Waals surface area contributed by atoms with Crippen molar-refractivity contribution >= 4 is 0 Å². The van der Waals surface area contributed by atoms with Gasteiger partial charge < -0.3 is 0 Å². The van der Waals surface area contributed by atoms with Gasteiger partial charge in [0.15, 0.2) is 0 Å². The molecule has 0 fully saturated rings. The van der Waals surface area contributed by atoms with Crippen LogP contribution in [0.2, 0.25) is 0 Å². The van der Waals surface area contributed by atoms with E-state index in [9.17, 15) is 79.0 Å². The third-order valence-corrected chi connectivity index (χ3v) is 3.13. The summed E-state index contributed by atoms with van der Waals surface area (Å²) >= 11 is 0. The van der Waals surface area contributed by atoms with E-state index < -0.39 is 60.0 Å². The summed E-state index contributed by atoms with van der Waals surface area (Å²) in [5.74, 6) is -8.05. The van der Waals surface area contributed by atoms with Crippen LogP contribution >= 0.6 is 0 Å². The van der Waals surface area contributed by atoms with Crippen LogP contribution in [0.4, 0.5) is 79.0 Å². The van der Waals surface area contributed by atoms with E-state index in [0.29, 0.717) is 0 Å². The molecule has 28 heavy (non-hydrogen) atoms. The molecule has 0 aromatic carbocycles. The van der Waals surface area contributed by atoms with Crippen molar-refractivity contribution in [1.29, 1.82) is 0 Å². The summed E-state index contributed by atoms with van der Waals surface area (Å²) in [4.78, 5) is 0. The molecule has 0 aliphatic rings. The number of alkyl halides is 18. The highest BCUT2D eigenvalue weighted by molar-refractivity contribution is 5.23. The van der Waals surface area contributed by atoms with Gasteiger partial charge in [-0.15, -0.1) is 0 Å². The molecule has 0 aromatic heterocycles. The molecule has 0 atom stereocenters. The van der Waals surface area contributed by atoms with Gasteiger partial charge in [-0.05, 0) is 6.08 Å². The maximum atomic E-state index is 13.2. The lowest BCUT2D eigenvalue weighted by Crippen LogP contribution is -2.65. The maximum Gasteiger partial charge on any atom is 0.454 e. The monoisotopic (exact) mass is 464 g/mol. The zero-order valence-corrected chi connectivity index (χ0v) is 12.0. The smallest absolute Gasteiger partial charge is 0.219 e. The van der Waals surface area contributed by atoms with Crippen LogP contribution in [0.15, 0.2) is 12.2 Å². The van der Waals surface area contributed by atoms with Gasteiger partial charge >= 0.3 is 42.5 Å². The third kappa shape index (κ3) is 3.81. The average molecular weight is 464 g/mol. The van der Waals surface area contributed by atoms with Crippen LogP contribution in [0, 0.1) is 5.41 Å². The molecule has 0 radical (unpaired) electrons. The first-order valence-electron chi connectivity index (χ1n) is 5.81. The van der Waals surface area contributed by atoms with Crippen LogP contribution in [0.5, 0.6) is 0 Å². The van der Waals surface area contributed by atoms with E-state index in [0.717, 1.165) is 0 Å².